The van der Waals surface area contributed by atoms with Gasteiger partial charge >= 0.3 is 0 Å². The van der Waals surface area contributed by atoms with Crippen molar-refractivity contribution in [3.05, 3.63) is 64.7 Å². The predicted molar refractivity (Wildman–Crippen MR) is 150 cm³/mol. The molecule has 0 aliphatic carbocycles. The number of ether oxygens (including phenoxy) is 3. The Balaban J connectivity index is 1.69. The van der Waals surface area contributed by atoms with Crippen molar-refractivity contribution in [1.29, 1.82) is 0 Å². The van der Waals surface area contributed by atoms with Crippen molar-refractivity contribution < 1.29 is 28.9 Å². The van der Waals surface area contributed by atoms with Crippen molar-refractivity contribution in [3.8, 4) is 11.5 Å². The summed E-state index contributed by atoms with van der Waals surface area (Å²) in [7, 11) is 0. The molecule has 2 aromatic rings. The fraction of sp³-hybridized carbons (Fsp3) is 0.484. The zero-order chi connectivity index (χ0) is 27.8. The molecule has 2 aliphatic rings. The molecule has 1 unspecified atom stereocenters. The van der Waals surface area contributed by atoms with E-state index < -0.39 is 17.7 Å². The molecule has 0 radical (unpaired) electrons. The number of carbonyl (C=O) groups is 2. The predicted octanol–water partition coefficient (Wildman–Crippen LogP) is 4.72. The Morgan fingerprint density at radius 2 is 1.64 bits per heavy atom. The number of carbonyl (C=O) groups excluding carboxylic acids is 2. The number of aliphatic hydroxyl groups excluding tert-OH is 1. The molecular formula is C31H40N2O6. The summed E-state index contributed by atoms with van der Waals surface area (Å²) in [5.41, 5.74) is 2.13. The summed E-state index contributed by atoms with van der Waals surface area (Å²) in [5, 5.41) is 11.5. The molecule has 2 heterocycles. The van der Waals surface area contributed by atoms with E-state index in [-0.39, 0.29) is 11.3 Å². The molecule has 1 atom stereocenters. The maximum atomic E-state index is 13.4. The number of benzene rings is 2. The molecule has 8 heteroatoms. The lowest BCUT2D eigenvalue weighted by Gasteiger charge is -2.31. The van der Waals surface area contributed by atoms with Crippen LogP contribution in [-0.2, 0) is 14.3 Å². The molecule has 2 aliphatic heterocycles. The summed E-state index contributed by atoms with van der Waals surface area (Å²) in [5.74, 6) is -0.00909. The minimum Gasteiger partial charge on any atom is -0.507 e. The fourth-order valence-corrected chi connectivity index (χ4v) is 4.97. The maximum absolute atomic E-state index is 13.4. The summed E-state index contributed by atoms with van der Waals surface area (Å²) >= 11 is 0. The largest absolute Gasteiger partial charge is 0.507 e. The van der Waals surface area contributed by atoms with Gasteiger partial charge in [-0.25, -0.2) is 0 Å². The van der Waals surface area contributed by atoms with Crippen LogP contribution in [0.25, 0.3) is 5.76 Å². The number of nitrogens with zero attached hydrogens (tertiary/aromatic N) is 2. The molecule has 210 valence electrons. The molecule has 2 fully saturated rings. The van der Waals surface area contributed by atoms with Crippen LogP contribution in [0.2, 0.25) is 0 Å². The van der Waals surface area contributed by atoms with Crippen LogP contribution in [0.15, 0.2) is 48.0 Å². The Kier molecular flexibility index (Phi) is 10.0. The molecule has 1 N–H and O–H groups in total. The Labute approximate surface area is 231 Å². The van der Waals surface area contributed by atoms with E-state index in [2.05, 4.69) is 11.8 Å². The number of aliphatic hydroxyl groups is 1. The van der Waals surface area contributed by atoms with Crippen LogP contribution in [0, 0.1) is 6.92 Å². The van der Waals surface area contributed by atoms with Crippen LogP contribution >= 0.6 is 0 Å². The van der Waals surface area contributed by atoms with Gasteiger partial charge in [0, 0.05) is 31.7 Å². The Hall–Kier alpha value is -3.36. The lowest BCUT2D eigenvalue weighted by atomic mass is 9.94. The summed E-state index contributed by atoms with van der Waals surface area (Å²) in [6.45, 7) is 11.1. The van der Waals surface area contributed by atoms with Crippen LogP contribution < -0.4 is 9.47 Å². The van der Waals surface area contributed by atoms with Crippen LogP contribution in [0.3, 0.4) is 0 Å². The normalized spacial score (nSPS) is 19.5. The number of aryl methyl sites for hydroxylation is 1. The van der Waals surface area contributed by atoms with Crippen LogP contribution in [0.4, 0.5) is 0 Å². The van der Waals surface area contributed by atoms with Crippen molar-refractivity contribution in [2.24, 2.45) is 0 Å². The summed E-state index contributed by atoms with van der Waals surface area (Å²) in [6.07, 6.45) is 2.89. The fourth-order valence-electron chi connectivity index (χ4n) is 4.97. The molecule has 4 rings (SSSR count). The van der Waals surface area contributed by atoms with Gasteiger partial charge in [-0.2, -0.15) is 0 Å². The Bertz CT molecular complexity index is 1170. The van der Waals surface area contributed by atoms with Gasteiger partial charge in [0.25, 0.3) is 11.7 Å². The molecule has 0 spiro atoms. The van der Waals surface area contributed by atoms with Crippen molar-refractivity contribution in [2.45, 2.75) is 46.1 Å². The molecule has 1 amide bonds. The number of hydrogen-bond acceptors (Lipinski definition) is 7. The molecule has 2 saturated heterocycles. The first-order valence-electron chi connectivity index (χ1n) is 14.0. The molecule has 39 heavy (non-hydrogen) atoms. The van der Waals surface area contributed by atoms with E-state index in [1.165, 1.54) is 0 Å². The minimum atomic E-state index is -0.703. The van der Waals surface area contributed by atoms with Gasteiger partial charge in [0.1, 0.15) is 17.3 Å². The monoisotopic (exact) mass is 536 g/mol. The van der Waals surface area contributed by atoms with Crippen molar-refractivity contribution in [1.82, 2.24) is 9.80 Å². The number of likely N-dealkylation sites (tertiary alicyclic amines) is 1. The minimum absolute atomic E-state index is 0.104. The number of rotatable bonds is 12. The average molecular weight is 537 g/mol. The highest BCUT2D eigenvalue weighted by Crippen LogP contribution is 2.40. The van der Waals surface area contributed by atoms with Gasteiger partial charge in [-0.1, -0.05) is 32.4 Å². The van der Waals surface area contributed by atoms with Gasteiger partial charge < -0.3 is 24.2 Å². The Morgan fingerprint density at radius 3 is 2.31 bits per heavy atom. The van der Waals surface area contributed by atoms with Crippen LogP contribution in [-0.4, -0.2) is 79.2 Å². The topological polar surface area (TPSA) is 88.5 Å². The van der Waals surface area contributed by atoms with E-state index >= 15 is 0 Å². The van der Waals surface area contributed by atoms with E-state index in [9.17, 15) is 14.7 Å². The third-order valence-electron chi connectivity index (χ3n) is 7.19. The number of ketones is 1. The van der Waals surface area contributed by atoms with E-state index in [0.29, 0.717) is 50.8 Å². The maximum Gasteiger partial charge on any atom is 0.295 e. The molecule has 2 aromatic carbocycles. The van der Waals surface area contributed by atoms with Gasteiger partial charge in [-0.3, -0.25) is 14.5 Å². The third kappa shape index (κ3) is 6.81. The van der Waals surface area contributed by atoms with Crippen molar-refractivity contribution >= 4 is 17.4 Å². The molecule has 8 nitrogen and oxygen atoms in total. The van der Waals surface area contributed by atoms with Gasteiger partial charge in [-0.15, -0.1) is 0 Å². The second-order valence-corrected chi connectivity index (χ2v) is 10.0. The van der Waals surface area contributed by atoms with Gasteiger partial charge in [0.2, 0.25) is 0 Å². The second-order valence-electron chi connectivity index (χ2n) is 10.0. The zero-order valence-corrected chi connectivity index (χ0v) is 23.3. The third-order valence-corrected chi connectivity index (χ3v) is 7.19. The van der Waals surface area contributed by atoms with Crippen molar-refractivity contribution in [2.75, 3.05) is 52.6 Å². The summed E-state index contributed by atoms with van der Waals surface area (Å²) < 4.78 is 17.0. The van der Waals surface area contributed by atoms with Crippen molar-refractivity contribution in [3.63, 3.8) is 0 Å². The summed E-state index contributed by atoms with van der Waals surface area (Å²) in [6, 6.07) is 12.1. The number of hydrogen-bond donors (Lipinski definition) is 1. The SMILES string of the molecule is CCCCOc1ccc(C2C(=C(O)c3ccc(OCCC)cc3C)C(=O)C(=O)N2CCN2CCOCC2)cc1. The lowest BCUT2D eigenvalue weighted by molar-refractivity contribution is -0.140. The highest BCUT2D eigenvalue weighted by Gasteiger charge is 2.46. The number of morpholine rings is 1. The highest BCUT2D eigenvalue weighted by molar-refractivity contribution is 6.46. The molecular weight excluding hydrogens is 496 g/mol. The Morgan fingerprint density at radius 1 is 0.949 bits per heavy atom. The van der Waals surface area contributed by atoms with Gasteiger partial charge in [0.05, 0.1) is 38.0 Å². The molecule has 0 saturated carbocycles. The quantitative estimate of drug-likeness (QED) is 0.182. The second kappa shape index (κ2) is 13.6. The van der Waals surface area contributed by atoms with Crippen LogP contribution in [0.5, 0.6) is 11.5 Å². The first kappa shape index (κ1) is 28.6. The first-order chi connectivity index (χ1) is 18.9. The molecule has 0 aromatic heterocycles. The number of Topliss-reactive ketones (excluding diaryl/α,β-unsaturated/α-hetero) is 1. The smallest absolute Gasteiger partial charge is 0.295 e. The number of unbranched alkanes of at least 4 members (excludes halogenated alkanes) is 1. The lowest BCUT2D eigenvalue weighted by Crippen LogP contribution is -2.42. The van der Waals surface area contributed by atoms with Gasteiger partial charge in [-0.05, 0) is 61.2 Å². The van der Waals surface area contributed by atoms with E-state index in [1.54, 1.807) is 17.0 Å². The standard InChI is InChI=1S/C31H40N2O6/c1-4-6-18-39-24-9-7-23(8-10-24)28-27(29(34)26-12-11-25(21-22(26)3)38-17-5-2)30(35)31(36)33(28)14-13-32-15-19-37-20-16-32/h7-12,21,28,34H,4-6,13-20H2,1-3H3. The van der Waals surface area contributed by atoms with E-state index in [4.69, 9.17) is 14.2 Å². The van der Waals surface area contributed by atoms with Gasteiger partial charge in [0.15, 0.2) is 0 Å². The van der Waals surface area contributed by atoms with Crippen LogP contribution in [0.1, 0.15) is 55.8 Å². The summed E-state index contributed by atoms with van der Waals surface area (Å²) in [4.78, 5) is 30.6. The van der Waals surface area contributed by atoms with E-state index in [1.807, 2.05) is 44.2 Å². The average Bonchev–Trinajstić information content (AvgIpc) is 3.20. The zero-order valence-electron chi connectivity index (χ0n) is 23.3. The van der Waals surface area contributed by atoms with E-state index in [0.717, 1.165) is 49.2 Å². The first-order valence-corrected chi connectivity index (χ1v) is 14.0. The molecule has 0 bridgehead atoms. The highest BCUT2D eigenvalue weighted by atomic mass is 16.5. The number of amides is 1.